The summed E-state index contributed by atoms with van der Waals surface area (Å²) in [5, 5.41) is 5.77. The number of methoxy groups -OCH3 is 1. The second-order valence-electron chi connectivity index (χ2n) is 3.69. The maximum atomic E-state index is 11.6. The average molecular weight is 250 g/mol. The molecule has 0 unspecified atom stereocenters. The highest BCUT2D eigenvalue weighted by Crippen LogP contribution is 2.16. The van der Waals surface area contributed by atoms with Gasteiger partial charge in [0.05, 0.1) is 18.4 Å². The molecule has 0 spiro atoms. The van der Waals surface area contributed by atoms with Crippen molar-refractivity contribution in [2.45, 2.75) is 13.3 Å². The number of para-hydroxylation sites is 1. The molecule has 5 heteroatoms. The fourth-order valence-corrected chi connectivity index (χ4v) is 1.47. The van der Waals surface area contributed by atoms with Crippen LogP contribution in [0.2, 0.25) is 0 Å². The monoisotopic (exact) mass is 250 g/mol. The van der Waals surface area contributed by atoms with E-state index in [1.807, 2.05) is 6.92 Å². The van der Waals surface area contributed by atoms with E-state index in [1.165, 1.54) is 7.11 Å². The first-order valence-corrected chi connectivity index (χ1v) is 5.87. The van der Waals surface area contributed by atoms with Crippen LogP contribution < -0.4 is 10.6 Å². The largest absolute Gasteiger partial charge is 0.465 e. The third kappa shape index (κ3) is 4.18. The van der Waals surface area contributed by atoms with Crippen LogP contribution in [-0.4, -0.2) is 32.1 Å². The fraction of sp³-hybridized carbons (Fsp3) is 0.385. The van der Waals surface area contributed by atoms with Gasteiger partial charge in [0.2, 0.25) is 5.91 Å². The summed E-state index contributed by atoms with van der Waals surface area (Å²) in [5.41, 5.74) is 0.836. The second-order valence-corrected chi connectivity index (χ2v) is 3.69. The molecule has 2 N–H and O–H groups in total. The van der Waals surface area contributed by atoms with Gasteiger partial charge in [-0.1, -0.05) is 19.1 Å². The number of rotatable bonds is 6. The number of hydrogen-bond acceptors (Lipinski definition) is 4. The Morgan fingerprint density at radius 1 is 1.28 bits per heavy atom. The molecule has 0 aliphatic carbocycles. The van der Waals surface area contributed by atoms with Crippen molar-refractivity contribution in [1.82, 2.24) is 5.32 Å². The van der Waals surface area contributed by atoms with Crippen LogP contribution in [0.25, 0.3) is 0 Å². The highest BCUT2D eigenvalue weighted by Gasteiger charge is 2.12. The van der Waals surface area contributed by atoms with Crippen molar-refractivity contribution < 1.29 is 14.3 Å². The van der Waals surface area contributed by atoms with Gasteiger partial charge in [-0.15, -0.1) is 0 Å². The van der Waals surface area contributed by atoms with Gasteiger partial charge in [0, 0.05) is 13.0 Å². The van der Waals surface area contributed by atoms with Gasteiger partial charge in [-0.05, 0) is 18.7 Å². The van der Waals surface area contributed by atoms with Gasteiger partial charge >= 0.3 is 5.97 Å². The van der Waals surface area contributed by atoms with E-state index in [4.69, 9.17) is 0 Å². The lowest BCUT2D eigenvalue weighted by Crippen LogP contribution is -2.22. The molecule has 5 nitrogen and oxygen atoms in total. The number of carbonyl (C=O) groups is 2. The number of benzene rings is 1. The molecule has 18 heavy (non-hydrogen) atoms. The van der Waals surface area contributed by atoms with Gasteiger partial charge < -0.3 is 15.4 Å². The molecule has 0 fully saturated rings. The Kier molecular flexibility index (Phi) is 5.87. The third-order valence-electron chi connectivity index (χ3n) is 2.39. The van der Waals surface area contributed by atoms with Crippen LogP contribution in [0.3, 0.4) is 0 Å². The molecule has 0 radical (unpaired) electrons. The maximum absolute atomic E-state index is 11.6. The predicted molar refractivity (Wildman–Crippen MR) is 69.6 cm³/mol. The van der Waals surface area contributed by atoms with Crippen molar-refractivity contribution in [2.24, 2.45) is 0 Å². The molecule has 0 heterocycles. The second kappa shape index (κ2) is 7.45. The minimum Gasteiger partial charge on any atom is -0.465 e. The van der Waals surface area contributed by atoms with Gasteiger partial charge in [-0.3, -0.25) is 4.79 Å². The topological polar surface area (TPSA) is 67.4 Å². The molecule has 0 saturated carbocycles. The normalized spacial score (nSPS) is 9.89. The van der Waals surface area contributed by atoms with Crippen LogP contribution in [0.15, 0.2) is 24.3 Å². The first-order chi connectivity index (χ1) is 8.69. The van der Waals surface area contributed by atoms with E-state index in [1.54, 1.807) is 24.3 Å². The molecular weight excluding hydrogens is 232 g/mol. The van der Waals surface area contributed by atoms with Crippen molar-refractivity contribution in [3.63, 3.8) is 0 Å². The van der Waals surface area contributed by atoms with Crippen LogP contribution in [0.4, 0.5) is 5.69 Å². The van der Waals surface area contributed by atoms with Crippen LogP contribution >= 0.6 is 0 Å². The lowest BCUT2D eigenvalue weighted by atomic mass is 10.1. The minimum atomic E-state index is -0.461. The summed E-state index contributed by atoms with van der Waals surface area (Å²) in [6, 6.07) is 6.77. The number of hydrogen-bond donors (Lipinski definition) is 2. The maximum Gasteiger partial charge on any atom is 0.339 e. The summed E-state index contributed by atoms with van der Waals surface area (Å²) >= 11 is 0. The lowest BCUT2D eigenvalue weighted by molar-refractivity contribution is -0.116. The van der Waals surface area contributed by atoms with Crippen molar-refractivity contribution in [2.75, 3.05) is 25.5 Å². The molecule has 1 rings (SSSR count). The standard InChI is InChI=1S/C13H18N2O3/c1-3-14-9-8-12(16)15-11-7-5-4-6-10(11)13(17)18-2/h4-7,14H,3,8-9H2,1-2H3,(H,15,16). The number of ether oxygens (including phenoxy) is 1. The minimum absolute atomic E-state index is 0.132. The van der Waals surface area contributed by atoms with Crippen molar-refractivity contribution in [3.05, 3.63) is 29.8 Å². The third-order valence-corrected chi connectivity index (χ3v) is 2.39. The first kappa shape index (κ1) is 14.2. The molecule has 1 aromatic rings. The summed E-state index contributed by atoms with van der Waals surface area (Å²) in [6.07, 6.45) is 0.364. The Hall–Kier alpha value is -1.88. The molecule has 0 aliphatic rings. The zero-order valence-electron chi connectivity index (χ0n) is 10.7. The van der Waals surface area contributed by atoms with E-state index in [0.29, 0.717) is 24.2 Å². The molecule has 0 bridgehead atoms. The summed E-state index contributed by atoms with van der Waals surface area (Å²) < 4.78 is 4.65. The number of nitrogens with one attached hydrogen (secondary N) is 2. The zero-order chi connectivity index (χ0) is 13.4. The van der Waals surface area contributed by atoms with E-state index >= 15 is 0 Å². The molecular formula is C13H18N2O3. The zero-order valence-corrected chi connectivity index (χ0v) is 10.7. The number of anilines is 1. The Labute approximate surface area is 107 Å². The van der Waals surface area contributed by atoms with E-state index in [-0.39, 0.29) is 5.91 Å². The van der Waals surface area contributed by atoms with Crippen LogP contribution in [-0.2, 0) is 9.53 Å². The van der Waals surface area contributed by atoms with Gasteiger partial charge in [0.15, 0.2) is 0 Å². The van der Waals surface area contributed by atoms with E-state index in [2.05, 4.69) is 15.4 Å². The Balaban J connectivity index is 2.66. The fourth-order valence-electron chi connectivity index (χ4n) is 1.47. The van der Waals surface area contributed by atoms with Crippen molar-refractivity contribution >= 4 is 17.6 Å². The van der Waals surface area contributed by atoms with E-state index in [9.17, 15) is 9.59 Å². The van der Waals surface area contributed by atoms with Crippen molar-refractivity contribution in [3.8, 4) is 0 Å². The predicted octanol–water partition coefficient (Wildman–Crippen LogP) is 1.41. The summed E-state index contributed by atoms with van der Waals surface area (Å²) in [4.78, 5) is 23.1. The van der Waals surface area contributed by atoms with Crippen LogP contribution in [0.1, 0.15) is 23.7 Å². The van der Waals surface area contributed by atoms with E-state index < -0.39 is 5.97 Å². The van der Waals surface area contributed by atoms with E-state index in [0.717, 1.165) is 6.54 Å². The Morgan fingerprint density at radius 2 is 2.00 bits per heavy atom. The SMILES string of the molecule is CCNCCC(=O)Nc1ccccc1C(=O)OC. The van der Waals surface area contributed by atoms with Crippen molar-refractivity contribution in [1.29, 1.82) is 0 Å². The number of esters is 1. The van der Waals surface area contributed by atoms with Gasteiger partial charge in [0.1, 0.15) is 0 Å². The van der Waals surface area contributed by atoms with Crippen LogP contribution in [0.5, 0.6) is 0 Å². The van der Waals surface area contributed by atoms with Gasteiger partial charge in [0.25, 0.3) is 0 Å². The number of amides is 1. The molecule has 0 aliphatic heterocycles. The summed E-state index contributed by atoms with van der Waals surface area (Å²) in [5.74, 6) is -0.593. The first-order valence-electron chi connectivity index (χ1n) is 5.87. The molecule has 1 amide bonds. The summed E-state index contributed by atoms with van der Waals surface area (Å²) in [6.45, 7) is 3.42. The lowest BCUT2D eigenvalue weighted by Gasteiger charge is -2.09. The summed E-state index contributed by atoms with van der Waals surface area (Å²) in [7, 11) is 1.31. The number of carbonyl (C=O) groups excluding carboxylic acids is 2. The molecule has 0 atom stereocenters. The van der Waals surface area contributed by atoms with Gasteiger partial charge in [-0.25, -0.2) is 4.79 Å². The average Bonchev–Trinajstić information content (AvgIpc) is 2.39. The highest BCUT2D eigenvalue weighted by molar-refractivity contribution is 6.01. The Bertz CT molecular complexity index is 418. The Morgan fingerprint density at radius 3 is 2.67 bits per heavy atom. The molecule has 1 aromatic carbocycles. The smallest absolute Gasteiger partial charge is 0.339 e. The molecule has 98 valence electrons. The molecule has 0 saturated heterocycles. The van der Waals surface area contributed by atoms with Gasteiger partial charge in [-0.2, -0.15) is 0 Å². The molecule has 0 aromatic heterocycles. The quantitative estimate of drug-likeness (QED) is 0.591. The van der Waals surface area contributed by atoms with Crippen LogP contribution in [0, 0.1) is 0 Å². The highest BCUT2D eigenvalue weighted by atomic mass is 16.5.